The average Bonchev–Trinajstić information content (AvgIpc) is 3.24. The number of rotatable bonds is 0. The first kappa shape index (κ1) is 17.7. The fraction of sp³-hybridized carbons (Fsp3) is 0.0357. The molecule has 0 bridgehead atoms. The Morgan fingerprint density at radius 2 is 1.52 bits per heavy atom. The van der Waals surface area contributed by atoms with Gasteiger partial charge in [0.05, 0.1) is 5.56 Å². The quantitative estimate of drug-likeness (QED) is 0.353. The number of fused-ring (bicyclic) bond motifs is 6. The van der Waals surface area contributed by atoms with Gasteiger partial charge in [0.15, 0.2) is 11.4 Å². The van der Waals surface area contributed by atoms with Gasteiger partial charge in [-0.25, -0.2) is 0 Å². The van der Waals surface area contributed by atoms with E-state index in [1.807, 2.05) is 72.8 Å². The maximum absolute atomic E-state index is 13.3. The van der Waals surface area contributed by atoms with E-state index in [1.165, 1.54) is 0 Å². The highest BCUT2D eigenvalue weighted by atomic mass is 16.4. The van der Waals surface area contributed by atoms with Gasteiger partial charge in [0, 0.05) is 27.5 Å². The van der Waals surface area contributed by atoms with E-state index in [-0.39, 0.29) is 11.5 Å². The van der Waals surface area contributed by atoms with Gasteiger partial charge >= 0.3 is 0 Å². The number of aliphatic hydroxyl groups is 1. The van der Waals surface area contributed by atoms with Gasteiger partial charge in [0.2, 0.25) is 5.78 Å². The Kier molecular flexibility index (Phi) is 3.67. The van der Waals surface area contributed by atoms with E-state index in [0.717, 1.165) is 16.3 Å². The first-order chi connectivity index (χ1) is 15.2. The third kappa shape index (κ3) is 2.49. The summed E-state index contributed by atoms with van der Waals surface area (Å²) in [6.07, 6.45) is 0. The Labute approximate surface area is 178 Å². The molecule has 3 heteroatoms. The summed E-state index contributed by atoms with van der Waals surface area (Å²) in [6, 6.07) is 28.3. The lowest BCUT2D eigenvalue weighted by molar-refractivity contribution is 0.0950. The lowest BCUT2D eigenvalue weighted by Crippen LogP contribution is -2.33. The zero-order valence-corrected chi connectivity index (χ0v) is 16.4. The van der Waals surface area contributed by atoms with Crippen molar-refractivity contribution in [3.63, 3.8) is 0 Å². The minimum Gasteiger partial charge on any atom is -0.451 e. The van der Waals surface area contributed by atoms with Crippen molar-refractivity contribution in [2.24, 2.45) is 0 Å². The molecule has 1 aromatic heterocycles. The maximum atomic E-state index is 13.3. The fourth-order valence-corrected chi connectivity index (χ4v) is 4.41. The molecule has 0 fully saturated rings. The van der Waals surface area contributed by atoms with Crippen molar-refractivity contribution in [3.8, 4) is 11.8 Å². The first-order valence-corrected chi connectivity index (χ1v) is 10.1. The van der Waals surface area contributed by atoms with Crippen LogP contribution in [0.5, 0.6) is 0 Å². The van der Waals surface area contributed by atoms with E-state index in [4.69, 9.17) is 4.42 Å². The van der Waals surface area contributed by atoms with E-state index in [1.54, 1.807) is 18.2 Å². The Bertz CT molecular complexity index is 1560. The van der Waals surface area contributed by atoms with Crippen LogP contribution in [-0.4, -0.2) is 10.9 Å². The second kappa shape index (κ2) is 6.43. The molecule has 0 amide bonds. The van der Waals surface area contributed by atoms with Gasteiger partial charge in [-0.1, -0.05) is 90.7 Å². The molecule has 1 unspecified atom stereocenters. The van der Waals surface area contributed by atoms with Gasteiger partial charge in [-0.15, -0.1) is 0 Å². The SMILES string of the molecule is O=C1c2ccccc2C(O)(C#Cc2ccccc2)c2c1oc1c2ccc2ccccc21. The number of carbonyl (C=O) groups excluding carboxylic acids is 1. The van der Waals surface area contributed by atoms with Crippen LogP contribution in [-0.2, 0) is 5.60 Å². The van der Waals surface area contributed by atoms with Crippen molar-refractivity contribution < 1.29 is 14.3 Å². The van der Waals surface area contributed by atoms with Crippen molar-refractivity contribution in [3.05, 3.63) is 119 Å². The minimum absolute atomic E-state index is 0.148. The standard InChI is InChI=1S/C28H16O3/c29-25-21-12-6-7-13-23(21)28(30,17-16-18-8-2-1-3-9-18)24-22-15-14-19-10-4-5-11-20(19)26(22)31-27(24)25/h1-15,30H. The molecule has 1 heterocycles. The molecule has 31 heavy (non-hydrogen) atoms. The normalized spacial score (nSPS) is 17.1. The van der Waals surface area contributed by atoms with E-state index in [2.05, 4.69) is 11.8 Å². The summed E-state index contributed by atoms with van der Waals surface area (Å²) < 4.78 is 6.14. The smallest absolute Gasteiger partial charge is 0.229 e. The van der Waals surface area contributed by atoms with Crippen LogP contribution in [0.2, 0.25) is 0 Å². The van der Waals surface area contributed by atoms with Crippen molar-refractivity contribution >= 4 is 27.5 Å². The second-order valence-corrected chi connectivity index (χ2v) is 7.67. The van der Waals surface area contributed by atoms with Crippen LogP contribution in [0.3, 0.4) is 0 Å². The lowest BCUT2D eigenvalue weighted by atomic mass is 9.76. The monoisotopic (exact) mass is 400 g/mol. The molecule has 1 atom stereocenters. The lowest BCUT2D eigenvalue weighted by Gasteiger charge is -2.29. The van der Waals surface area contributed by atoms with Gasteiger partial charge in [-0.2, -0.15) is 0 Å². The Morgan fingerprint density at radius 3 is 2.39 bits per heavy atom. The van der Waals surface area contributed by atoms with E-state index in [9.17, 15) is 9.90 Å². The van der Waals surface area contributed by atoms with Crippen LogP contribution < -0.4 is 0 Å². The molecule has 6 rings (SSSR count). The van der Waals surface area contributed by atoms with Crippen molar-refractivity contribution in [1.29, 1.82) is 0 Å². The van der Waals surface area contributed by atoms with Crippen molar-refractivity contribution in [2.45, 2.75) is 5.60 Å². The van der Waals surface area contributed by atoms with Gasteiger partial charge < -0.3 is 9.52 Å². The van der Waals surface area contributed by atoms with Gasteiger partial charge in [-0.3, -0.25) is 4.79 Å². The predicted octanol–water partition coefficient (Wildman–Crippen LogP) is 5.42. The molecule has 0 saturated carbocycles. The van der Waals surface area contributed by atoms with Gasteiger partial charge in [-0.05, 0) is 17.5 Å². The first-order valence-electron chi connectivity index (χ1n) is 10.1. The average molecular weight is 400 g/mol. The summed E-state index contributed by atoms with van der Waals surface area (Å²) in [6.45, 7) is 0. The molecule has 3 nitrogen and oxygen atoms in total. The zero-order valence-electron chi connectivity index (χ0n) is 16.4. The van der Waals surface area contributed by atoms with Crippen LogP contribution in [0.4, 0.5) is 0 Å². The molecule has 0 saturated heterocycles. The Morgan fingerprint density at radius 1 is 0.774 bits per heavy atom. The third-order valence-electron chi connectivity index (χ3n) is 5.87. The highest BCUT2D eigenvalue weighted by Gasteiger charge is 2.45. The van der Waals surface area contributed by atoms with E-state index in [0.29, 0.717) is 27.7 Å². The summed E-state index contributed by atoms with van der Waals surface area (Å²) in [5.41, 5.74) is 0.994. The predicted molar refractivity (Wildman–Crippen MR) is 120 cm³/mol. The third-order valence-corrected chi connectivity index (χ3v) is 5.87. The molecule has 1 aliphatic carbocycles. The maximum Gasteiger partial charge on any atom is 0.229 e. The molecule has 5 aromatic rings. The largest absolute Gasteiger partial charge is 0.451 e. The molecule has 1 N–H and O–H groups in total. The number of furan rings is 1. The number of hydrogen-bond acceptors (Lipinski definition) is 3. The van der Waals surface area contributed by atoms with Crippen LogP contribution >= 0.6 is 0 Å². The summed E-state index contributed by atoms with van der Waals surface area (Å²) in [4.78, 5) is 13.3. The summed E-state index contributed by atoms with van der Waals surface area (Å²) >= 11 is 0. The molecule has 0 radical (unpaired) electrons. The topological polar surface area (TPSA) is 50.4 Å². The molecule has 0 spiro atoms. The summed E-state index contributed by atoms with van der Waals surface area (Å²) in [5.74, 6) is 6.07. The highest BCUT2D eigenvalue weighted by Crippen LogP contribution is 2.46. The Hall–Kier alpha value is -4.13. The molecule has 4 aromatic carbocycles. The van der Waals surface area contributed by atoms with Crippen LogP contribution in [0.1, 0.15) is 32.8 Å². The molecular formula is C28H16O3. The van der Waals surface area contributed by atoms with Crippen molar-refractivity contribution in [2.75, 3.05) is 0 Å². The van der Waals surface area contributed by atoms with Crippen molar-refractivity contribution in [1.82, 2.24) is 0 Å². The molecule has 0 aliphatic heterocycles. The van der Waals surface area contributed by atoms with E-state index >= 15 is 0 Å². The van der Waals surface area contributed by atoms with Gasteiger partial charge in [0.1, 0.15) is 5.58 Å². The molecule has 1 aliphatic rings. The minimum atomic E-state index is -1.68. The summed E-state index contributed by atoms with van der Waals surface area (Å²) in [7, 11) is 0. The van der Waals surface area contributed by atoms with E-state index < -0.39 is 5.60 Å². The molecule has 146 valence electrons. The molecular weight excluding hydrogens is 384 g/mol. The van der Waals surface area contributed by atoms with Gasteiger partial charge in [0.25, 0.3) is 0 Å². The number of ketones is 1. The summed E-state index contributed by atoms with van der Waals surface area (Å²) in [5, 5.41) is 14.6. The number of hydrogen-bond donors (Lipinski definition) is 1. The fourth-order valence-electron chi connectivity index (χ4n) is 4.41. The number of carbonyl (C=O) groups is 1. The van der Waals surface area contributed by atoms with Crippen LogP contribution in [0, 0.1) is 11.8 Å². The highest BCUT2D eigenvalue weighted by molar-refractivity contribution is 6.17. The Balaban J connectivity index is 1.71. The van der Waals surface area contributed by atoms with Crippen LogP contribution in [0.15, 0.2) is 95.4 Å². The van der Waals surface area contributed by atoms with Crippen LogP contribution in [0.25, 0.3) is 21.7 Å². The number of benzene rings is 4. The zero-order chi connectivity index (χ0) is 21.0. The second-order valence-electron chi connectivity index (χ2n) is 7.67.